The fraction of sp³-hybridized carbons (Fsp3) is 0.316. The molecule has 0 atom stereocenters. The average Bonchev–Trinajstić information content (AvgIpc) is 2.93. The number of terminal acetylenes is 1. The van der Waals surface area contributed by atoms with Gasteiger partial charge in [0.05, 0.1) is 18.7 Å². The highest BCUT2D eigenvalue weighted by atomic mass is 127. The summed E-state index contributed by atoms with van der Waals surface area (Å²) in [6, 6.07) is 7.49. The number of aromatic nitrogens is 1. The van der Waals surface area contributed by atoms with E-state index in [2.05, 4.69) is 21.5 Å². The molecule has 0 bridgehead atoms. The van der Waals surface area contributed by atoms with Gasteiger partial charge in [-0.1, -0.05) is 35.2 Å². The number of hydrogen-bond donors (Lipinski definition) is 2. The van der Waals surface area contributed by atoms with Crippen molar-refractivity contribution < 1.29 is 9.47 Å². The summed E-state index contributed by atoms with van der Waals surface area (Å²) in [7, 11) is 5.15. The van der Waals surface area contributed by atoms with Crippen LogP contribution in [0, 0.1) is 12.3 Å². The van der Waals surface area contributed by atoms with Crippen molar-refractivity contribution in [3.05, 3.63) is 45.7 Å². The average molecular weight is 537 g/mol. The topological polar surface area (TPSA) is 59.8 Å². The number of aliphatic imine (C=N–C) groups is 1. The van der Waals surface area contributed by atoms with Gasteiger partial charge in [-0.15, -0.1) is 30.4 Å². The lowest BCUT2D eigenvalue weighted by Gasteiger charge is -2.14. The maximum absolute atomic E-state index is 6.09. The number of rotatable bonds is 7. The van der Waals surface area contributed by atoms with Gasteiger partial charge in [0.15, 0.2) is 17.5 Å². The van der Waals surface area contributed by atoms with Gasteiger partial charge in [0.2, 0.25) is 0 Å². The summed E-state index contributed by atoms with van der Waals surface area (Å²) in [6.45, 7) is 1.25. The highest BCUT2D eigenvalue weighted by molar-refractivity contribution is 14.0. The molecule has 2 N–H and O–H groups in total. The molecule has 1 aromatic carbocycles. The maximum atomic E-state index is 6.09. The molecule has 2 aromatic rings. The summed E-state index contributed by atoms with van der Waals surface area (Å²) < 4.78 is 12.6. The van der Waals surface area contributed by atoms with Gasteiger partial charge in [0.1, 0.15) is 11.8 Å². The van der Waals surface area contributed by atoms with Crippen LogP contribution in [0.4, 0.5) is 0 Å². The molecule has 0 spiro atoms. The summed E-state index contributed by atoms with van der Waals surface area (Å²) in [4.78, 5) is 4.22. The number of guanidine groups is 1. The molecule has 0 radical (unpaired) electrons. The van der Waals surface area contributed by atoms with Crippen LogP contribution in [-0.4, -0.2) is 31.3 Å². The number of halogens is 3. The van der Waals surface area contributed by atoms with Gasteiger partial charge in [-0.25, -0.2) is 0 Å². The van der Waals surface area contributed by atoms with E-state index in [9.17, 15) is 0 Å². The molecule has 0 saturated carbocycles. The first-order valence-electron chi connectivity index (χ1n) is 8.17. The van der Waals surface area contributed by atoms with Gasteiger partial charge in [-0.2, -0.15) is 0 Å². The summed E-state index contributed by atoms with van der Waals surface area (Å²) in [5.74, 6) is 4.33. The van der Waals surface area contributed by atoms with E-state index in [1.165, 1.54) is 0 Å². The minimum atomic E-state index is 0. The number of benzene rings is 1. The highest BCUT2D eigenvalue weighted by Gasteiger charge is 2.10. The Kier molecular flexibility index (Phi) is 10.4. The molecular weight excluding hydrogens is 514 g/mol. The molecule has 0 saturated heterocycles. The van der Waals surface area contributed by atoms with Gasteiger partial charge in [-0.3, -0.25) is 4.99 Å². The first kappa shape index (κ1) is 24.3. The van der Waals surface area contributed by atoms with E-state index in [4.69, 9.17) is 39.1 Å². The second kappa shape index (κ2) is 11.9. The Morgan fingerprint density at radius 2 is 1.93 bits per heavy atom. The SMILES string of the molecule is C#CCOc1cc(CNC(=NC)NCc2cc(Cl)c(Cl)n2C)ccc1OC.I. The van der Waals surface area contributed by atoms with Gasteiger partial charge in [0.25, 0.3) is 0 Å². The first-order chi connectivity index (χ1) is 13.0. The summed E-state index contributed by atoms with van der Waals surface area (Å²) in [6.07, 6.45) is 5.25. The van der Waals surface area contributed by atoms with Gasteiger partial charge in [0, 0.05) is 26.3 Å². The Hall–Kier alpha value is -1.76. The second-order valence-corrected chi connectivity index (χ2v) is 6.36. The Labute approximate surface area is 192 Å². The zero-order chi connectivity index (χ0) is 19.8. The van der Waals surface area contributed by atoms with Crippen molar-refractivity contribution in [2.45, 2.75) is 13.1 Å². The fourth-order valence-electron chi connectivity index (χ4n) is 2.40. The Balaban J connectivity index is 0.00000392. The highest BCUT2D eigenvalue weighted by Crippen LogP contribution is 2.28. The fourth-order valence-corrected chi connectivity index (χ4v) is 2.82. The van der Waals surface area contributed by atoms with Crippen LogP contribution >= 0.6 is 47.2 Å². The van der Waals surface area contributed by atoms with Crippen molar-refractivity contribution in [2.24, 2.45) is 12.0 Å². The van der Waals surface area contributed by atoms with Gasteiger partial charge in [-0.05, 0) is 23.8 Å². The van der Waals surface area contributed by atoms with Crippen LogP contribution in [0.5, 0.6) is 11.5 Å². The monoisotopic (exact) mass is 536 g/mol. The standard InChI is InChI=1S/C19H22Cl2N4O2.HI/c1-5-8-27-17-9-13(6-7-16(17)26-4)11-23-19(22-2)24-12-14-10-15(20)18(21)25(14)3;/h1,6-7,9-10H,8,11-12H2,2-4H3,(H2,22,23,24);1H. The normalized spacial score (nSPS) is 10.6. The quantitative estimate of drug-likeness (QED) is 0.244. The predicted molar refractivity (Wildman–Crippen MR) is 125 cm³/mol. The number of ether oxygens (including phenoxy) is 2. The molecule has 28 heavy (non-hydrogen) atoms. The minimum Gasteiger partial charge on any atom is -0.493 e. The molecule has 9 heteroatoms. The van der Waals surface area contributed by atoms with Crippen LogP contribution < -0.4 is 20.1 Å². The Morgan fingerprint density at radius 3 is 2.50 bits per heavy atom. The van der Waals surface area contributed by atoms with Crippen LogP contribution in [-0.2, 0) is 20.1 Å². The molecule has 0 aliphatic rings. The van der Waals surface area contributed by atoms with E-state index in [-0.39, 0.29) is 30.6 Å². The van der Waals surface area contributed by atoms with Crippen LogP contribution in [0.15, 0.2) is 29.3 Å². The lowest BCUT2D eigenvalue weighted by Crippen LogP contribution is -2.36. The smallest absolute Gasteiger partial charge is 0.191 e. The third-order valence-electron chi connectivity index (χ3n) is 3.88. The zero-order valence-electron chi connectivity index (χ0n) is 15.9. The predicted octanol–water partition coefficient (Wildman–Crippen LogP) is 3.84. The van der Waals surface area contributed by atoms with Crippen LogP contribution in [0.2, 0.25) is 10.2 Å². The van der Waals surface area contributed by atoms with Crippen molar-refractivity contribution >= 4 is 53.1 Å². The van der Waals surface area contributed by atoms with Crippen LogP contribution in [0.3, 0.4) is 0 Å². The number of nitrogens with zero attached hydrogens (tertiary/aromatic N) is 2. The third-order valence-corrected chi connectivity index (χ3v) is 4.72. The number of methoxy groups -OCH3 is 1. The van der Waals surface area contributed by atoms with Gasteiger partial charge >= 0.3 is 0 Å². The summed E-state index contributed by atoms with van der Waals surface area (Å²) in [5, 5.41) is 7.50. The van der Waals surface area contributed by atoms with Crippen molar-refractivity contribution in [3.63, 3.8) is 0 Å². The van der Waals surface area contributed by atoms with Crippen molar-refractivity contribution in [1.29, 1.82) is 0 Å². The molecule has 152 valence electrons. The second-order valence-electron chi connectivity index (χ2n) is 5.59. The largest absolute Gasteiger partial charge is 0.493 e. The Bertz CT molecular complexity index is 862. The molecule has 0 amide bonds. The maximum Gasteiger partial charge on any atom is 0.191 e. The molecule has 0 aliphatic heterocycles. The lowest BCUT2D eigenvalue weighted by atomic mass is 10.2. The van der Waals surface area contributed by atoms with Gasteiger partial charge < -0.3 is 24.7 Å². The summed E-state index contributed by atoms with van der Waals surface area (Å²) >= 11 is 12.1. The van der Waals surface area contributed by atoms with Crippen molar-refractivity contribution in [2.75, 3.05) is 20.8 Å². The number of nitrogens with one attached hydrogen (secondary N) is 2. The van der Waals surface area contributed by atoms with Crippen LogP contribution in [0.1, 0.15) is 11.3 Å². The van der Waals surface area contributed by atoms with E-state index in [0.29, 0.717) is 40.7 Å². The van der Waals surface area contributed by atoms with E-state index in [1.807, 2.05) is 35.9 Å². The minimum absolute atomic E-state index is 0. The molecule has 0 fully saturated rings. The third kappa shape index (κ3) is 6.40. The zero-order valence-corrected chi connectivity index (χ0v) is 19.7. The van der Waals surface area contributed by atoms with E-state index in [0.717, 1.165) is 11.3 Å². The number of hydrogen-bond acceptors (Lipinski definition) is 3. The van der Waals surface area contributed by atoms with E-state index >= 15 is 0 Å². The lowest BCUT2D eigenvalue weighted by molar-refractivity contribution is 0.330. The molecule has 1 aromatic heterocycles. The molecule has 0 aliphatic carbocycles. The molecule has 6 nitrogen and oxygen atoms in total. The summed E-state index contributed by atoms with van der Waals surface area (Å²) in [5.41, 5.74) is 1.94. The molecule has 2 rings (SSSR count). The van der Waals surface area contributed by atoms with Crippen LogP contribution in [0.25, 0.3) is 0 Å². The van der Waals surface area contributed by atoms with Crippen molar-refractivity contribution in [1.82, 2.24) is 15.2 Å². The van der Waals surface area contributed by atoms with E-state index in [1.54, 1.807) is 14.2 Å². The molecular formula is C19H23Cl2IN4O2. The van der Waals surface area contributed by atoms with E-state index < -0.39 is 0 Å². The Morgan fingerprint density at radius 1 is 1.21 bits per heavy atom. The first-order valence-corrected chi connectivity index (χ1v) is 8.93. The molecule has 1 heterocycles. The molecule has 0 unspecified atom stereocenters. The van der Waals surface area contributed by atoms with Crippen molar-refractivity contribution in [3.8, 4) is 23.8 Å².